The summed E-state index contributed by atoms with van der Waals surface area (Å²) in [5.74, 6) is 0.406. The summed E-state index contributed by atoms with van der Waals surface area (Å²) in [5.41, 5.74) is 1.61. The Morgan fingerprint density at radius 1 is 1.04 bits per heavy atom. The Morgan fingerprint density at radius 2 is 1.67 bits per heavy atom. The van der Waals surface area contributed by atoms with Crippen molar-refractivity contribution >= 4 is 17.8 Å². The fourth-order valence-electron chi connectivity index (χ4n) is 2.92. The average molecular weight is 368 g/mol. The first-order chi connectivity index (χ1) is 13.0. The van der Waals surface area contributed by atoms with Gasteiger partial charge in [-0.1, -0.05) is 26.0 Å². The van der Waals surface area contributed by atoms with Crippen LogP contribution in [0.15, 0.2) is 42.7 Å². The van der Waals surface area contributed by atoms with E-state index in [1.807, 2.05) is 17.0 Å². The van der Waals surface area contributed by atoms with Gasteiger partial charge in [-0.3, -0.25) is 4.79 Å². The number of piperazine rings is 1. The SMILES string of the molecule is CC(C)c1ccc(C(=O)OCC(=O)N2CCN(c3ncccn3)CC2)cc1. The van der Waals surface area contributed by atoms with Gasteiger partial charge in [0.15, 0.2) is 6.61 Å². The molecule has 2 aromatic rings. The molecule has 0 radical (unpaired) electrons. The summed E-state index contributed by atoms with van der Waals surface area (Å²) in [7, 11) is 0. The number of hydrogen-bond donors (Lipinski definition) is 0. The van der Waals surface area contributed by atoms with E-state index in [4.69, 9.17) is 4.74 Å². The highest BCUT2D eigenvalue weighted by Gasteiger charge is 2.23. The summed E-state index contributed by atoms with van der Waals surface area (Å²) < 4.78 is 5.19. The zero-order valence-electron chi connectivity index (χ0n) is 15.7. The average Bonchev–Trinajstić information content (AvgIpc) is 2.72. The molecule has 142 valence electrons. The van der Waals surface area contributed by atoms with E-state index >= 15 is 0 Å². The fourth-order valence-corrected chi connectivity index (χ4v) is 2.92. The molecule has 1 aliphatic heterocycles. The maximum absolute atomic E-state index is 12.3. The minimum absolute atomic E-state index is 0.184. The van der Waals surface area contributed by atoms with E-state index in [2.05, 4.69) is 23.8 Å². The Bertz CT molecular complexity index is 770. The molecule has 1 aromatic heterocycles. The third-order valence-electron chi connectivity index (χ3n) is 4.61. The number of anilines is 1. The summed E-state index contributed by atoms with van der Waals surface area (Å²) >= 11 is 0. The lowest BCUT2D eigenvalue weighted by atomic mass is 10.0. The van der Waals surface area contributed by atoms with Crippen molar-refractivity contribution in [2.24, 2.45) is 0 Å². The molecule has 0 aliphatic carbocycles. The van der Waals surface area contributed by atoms with Crippen molar-refractivity contribution < 1.29 is 14.3 Å². The standard InChI is InChI=1S/C20H24N4O3/c1-15(2)16-4-6-17(7-5-16)19(26)27-14-18(25)23-10-12-24(13-11-23)20-21-8-3-9-22-20/h3-9,15H,10-14H2,1-2H3. The van der Waals surface area contributed by atoms with Crippen LogP contribution in [0.2, 0.25) is 0 Å². The van der Waals surface area contributed by atoms with Crippen LogP contribution in [0.3, 0.4) is 0 Å². The van der Waals surface area contributed by atoms with Gasteiger partial charge < -0.3 is 14.5 Å². The van der Waals surface area contributed by atoms with Crippen LogP contribution in [0.5, 0.6) is 0 Å². The van der Waals surface area contributed by atoms with Gasteiger partial charge in [0.05, 0.1) is 5.56 Å². The number of amides is 1. The van der Waals surface area contributed by atoms with Crippen molar-refractivity contribution in [3.8, 4) is 0 Å². The second kappa shape index (κ2) is 8.62. The molecule has 1 amide bonds. The molecule has 2 heterocycles. The molecule has 0 atom stereocenters. The third kappa shape index (κ3) is 4.81. The first-order valence-electron chi connectivity index (χ1n) is 9.11. The van der Waals surface area contributed by atoms with Gasteiger partial charge in [-0.25, -0.2) is 14.8 Å². The topological polar surface area (TPSA) is 75.6 Å². The van der Waals surface area contributed by atoms with Crippen LogP contribution >= 0.6 is 0 Å². The van der Waals surface area contributed by atoms with Gasteiger partial charge in [0.25, 0.3) is 5.91 Å². The second-order valence-corrected chi connectivity index (χ2v) is 6.77. The third-order valence-corrected chi connectivity index (χ3v) is 4.61. The molecular weight excluding hydrogens is 344 g/mol. The molecule has 1 aromatic carbocycles. The van der Waals surface area contributed by atoms with Crippen LogP contribution in [-0.4, -0.2) is 59.5 Å². The predicted molar refractivity (Wildman–Crippen MR) is 102 cm³/mol. The minimum atomic E-state index is -0.477. The van der Waals surface area contributed by atoms with Crippen LogP contribution < -0.4 is 4.90 Å². The van der Waals surface area contributed by atoms with Gasteiger partial charge in [-0.05, 0) is 29.7 Å². The molecule has 1 fully saturated rings. The van der Waals surface area contributed by atoms with E-state index < -0.39 is 5.97 Å². The Morgan fingerprint density at radius 3 is 2.26 bits per heavy atom. The first-order valence-corrected chi connectivity index (χ1v) is 9.11. The highest BCUT2D eigenvalue weighted by molar-refractivity contribution is 5.91. The molecule has 0 bridgehead atoms. The lowest BCUT2D eigenvalue weighted by Gasteiger charge is -2.34. The smallest absolute Gasteiger partial charge is 0.338 e. The number of hydrogen-bond acceptors (Lipinski definition) is 6. The first kappa shape index (κ1) is 18.8. The summed E-state index contributed by atoms with van der Waals surface area (Å²) in [5, 5.41) is 0. The van der Waals surface area contributed by atoms with Crippen LogP contribution in [0, 0.1) is 0 Å². The van der Waals surface area contributed by atoms with Crippen molar-refractivity contribution in [1.29, 1.82) is 0 Å². The monoisotopic (exact) mass is 368 g/mol. The molecule has 1 saturated heterocycles. The highest BCUT2D eigenvalue weighted by Crippen LogP contribution is 2.15. The van der Waals surface area contributed by atoms with Crippen molar-refractivity contribution in [1.82, 2.24) is 14.9 Å². The largest absolute Gasteiger partial charge is 0.452 e. The lowest BCUT2D eigenvalue weighted by molar-refractivity contribution is -0.134. The number of nitrogens with zero attached hydrogens (tertiary/aromatic N) is 4. The molecule has 0 saturated carbocycles. The zero-order chi connectivity index (χ0) is 19.2. The molecule has 3 rings (SSSR count). The normalized spacial score (nSPS) is 14.3. The maximum atomic E-state index is 12.3. The van der Waals surface area contributed by atoms with Gasteiger partial charge in [0, 0.05) is 38.6 Å². The zero-order valence-corrected chi connectivity index (χ0v) is 15.7. The summed E-state index contributed by atoms with van der Waals surface area (Å²) in [6, 6.07) is 9.07. The highest BCUT2D eigenvalue weighted by atomic mass is 16.5. The van der Waals surface area contributed by atoms with Gasteiger partial charge in [-0.2, -0.15) is 0 Å². The van der Waals surface area contributed by atoms with Gasteiger partial charge in [0.2, 0.25) is 5.95 Å². The number of ether oxygens (including phenoxy) is 1. The van der Waals surface area contributed by atoms with Crippen molar-refractivity contribution in [2.75, 3.05) is 37.7 Å². The fraction of sp³-hybridized carbons (Fsp3) is 0.400. The van der Waals surface area contributed by atoms with Crippen LogP contribution in [0.4, 0.5) is 5.95 Å². The Hall–Kier alpha value is -2.96. The van der Waals surface area contributed by atoms with Crippen molar-refractivity contribution in [3.05, 3.63) is 53.9 Å². The molecular formula is C20H24N4O3. The molecule has 0 unspecified atom stereocenters. The van der Waals surface area contributed by atoms with Crippen molar-refractivity contribution in [3.63, 3.8) is 0 Å². The number of carbonyl (C=O) groups excluding carboxylic acids is 2. The van der Waals surface area contributed by atoms with Crippen LogP contribution in [-0.2, 0) is 9.53 Å². The van der Waals surface area contributed by atoms with Crippen molar-refractivity contribution in [2.45, 2.75) is 19.8 Å². The number of benzene rings is 1. The van der Waals surface area contributed by atoms with E-state index in [0.717, 1.165) is 5.56 Å². The van der Waals surface area contributed by atoms with E-state index in [-0.39, 0.29) is 12.5 Å². The van der Waals surface area contributed by atoms with Gasteiger partial charge >= 0.3 is 5.97 Å². The Labute approximate surface area is 159 Å². The lowest BCUT2D eigenvalue weighted by Crippen LogP contribution is -2.50. The predicted octanol–water partition coefficient (Wildman–Crippen LogP) is 2.11. The maximum Gasteiger partial charge on any atom is 0.338 e. The van der Waals surface area contributed by atoms with E-state index in [0.29, 0.717) is 43.6 Å². The Balaban J connectivity index is 1.46. The van der Waals surface area contributed by atoms with E-state index in [1.54, 1.807) is 35.5 Å². The summed E-state index contributed by atoms with van der Waals surface area (Å²) in [6.45, 7) is 6.36. The van der Waals surface area contributed by atoms with E-state index in [9.17, 15) is 9.59 Å². The molecule has 0 spiro atoms. The summed E-state index contributed by atoms with van der Waals surface area (Å²) in [4.78, 5) is 36.6. The van der Waals surface area contributed by atoms with Crippen LogP contribution in [0.1, 0.15) is 35.7 Å². The number of carbonyl (C=O) groups is 2. The van der Waals surface area contributed by atoms with Gasteiger partial charge in [0.1, 0.15) is 0 Å². The Kier molecular flexibility index (Phi) is 6.01. The molecule has 0 N–H and O–H groups in total. The molecule has 7 nitrogen and oxygen atoms in total. The minimum Gasteiger partial charge on any atom is -0.452 e. The summed E-state index contributed by atoms with van der Waals surface area (Å²) in [6.07, 6.45) is 3.40. The molecule has 27 heavy (non-hydrogen) atoms. The quantitative estimate of drug-likeness (QED) is 0.753. The molecule has 1 aliphatic rings. The number of esters is 1. The second-order valence-electron chi connectivity index (χ2n) is 6.77. The molecule has 7 heteroatoms. The van der Waals surface area contributed by atoms with Crippen LogP contribution in [0.25, 0.3) is 0 Å². The number of aromatic nitrogens is 2. The van der Waals surface area contributed by atoms with E-state index in [1.165, 1.54) is 0 Å². The number of rotatable bonds is 5. The van der Waals surface area contributed by atoms with Gasteiger partial charge in [-0.15, -0.1) is 0 Å².